The molecule has 2 heterocycles. The Morgan fingerprint density at radius 2 is 1.71 bits per heavy atom. The lowest BCUT2D eigenvalue weighted by molar-refractivity contribution is 0.0467. The summed E-state index contributed by atoms with van der Waals surface area (Å²) >= 11 is 3.47. The minimum atomic E-state index is -0.526. The summed E-state index contributed by atoms with van der Waals surface area (Å²) in [7, 11) is 1.88. The van der Waals surface area contributed by atoms with Crippen LogP contribution in [0.3, 0.4) is 0 Å². The number of nitrogens with zero attached hydrogens (tertiary/aromatic N) is 2. The van der Waals surface area contributed by atoms with E-state index < -0.39 is 5.97 Å². The molecule has 0 saturated carbocycles. The van der Waals surface area contributed by atoms with Crippen LogP contribution in [0.25, 0.3) is 22.9 Å². The summed E-state index contributed by atoms with van der Waals surface area (Å²) in [4.78, 5) is 17.3. The van der Waals surface area contributed by atoms with Gasteiger partial charge < -0.3 is 13.7 Å². The molecule has 0 aliphatic rings. The van der Waals surface area contributed by atoms with Crippen molar-refractivity contribution >= 4 is 21.9 Å². The number of halogens is 1. The van der Waals surface area contributed by atoms with E-state index in [9.17, 15) is 4.79 Å². The second-order valence-corrected chi connectivity index (χ2v) is 7.04. The van der Waals surface area contributed by atoms with E-state index in [1.54, 1.807) is 0 Å². The summed E-state index contributed by atoms with van der Waals surface area (Å²) in [5.41, 5.74) is 2.58. The van der Waals surface area contributed by atoms with Crippen LogP contribution in [-0.4, -0.2) is 15.5 Å². The van der Waals surface area contributed by atoms with E-state index in [2.05, 4.69) is 20.9 Å². The molecule has 0 radical (unpaired) electrons. The standard InChI is InChI=1S/C22H17BrN2O3/c1-25-17(12-13-18(25)23)20-19(22(26)27-14-15-8-4-2-5-9-15)24-21(28-20)16-10-6-3-7-11-16/h2-13H,14H2,1H3. The molecule has 28 heavy (non-hydrogen) atoms. The molecule has 2 aromatic heterocycles. The van der Waals surface area contributed by atoms with Gasteiger partial charge in [0.2, 0.25) is 5.89 Å². The molecule has 0 aliphatic heterocycles. The first-order chi connectivity index (χ1) is 13.6. The molecule has 2 aromatic carbocycles. The molecule has 0 N–H and O–H groups in total. The molecule has 6 heteroatoms. The first kappa shape index (κ1) is 18.3. The van der Waals surface area contributed by atoms with Crippen molar-refractivity contribution in [3.05, 3.63) is 88.7 Å². The van der Waals surface area contributed by atoms with Crippen LogP contribution in [0.4, 0.5) is 0 Å². The second kappa shape index (κ2) is 7.86. The Morgan fingerprint density at radius 3 is 2.36 bits per heavy atom. The number of hydrogen-bond donors (Lipinski definition) is 0. The molecule has 0 atom stereocenters. The summed E-state index contributed by atoms with van der Waals surface area (Å²) in [6.45, 7) is 0.170. The van der Waals surface area contributed by atoms with Gasteiger partial charge in [0.15, 0.2) is 11.5 Å². The lowest BCUT2D eigenvalue weighted by Gasteiger charge is -2.05. The van der Waals surface area contributed by atoms with Crippen molar-refractivity contribution < 1.29 is 13.9 Å². The maximum atomic E-state index is 12.8. The van der Waals surface area contributed by atoms with E-state index in [1.807, 2.05) is 84.4 Å². The van der Waals surface area contributed by atoms with E-state index in [1.165, 1.54) is 0 Å². The van der Waals surface area contributed by atoms with Crippen molar-refractivity contribution in [3.8, 4) is 22.9 Å². The van der Waals surface area contributed by atoms with E-state index in [0.717, 1.165) is 21.4 Å². The molecule has 0 amide bonds. The number of benzene rings is 2. The summed E-state index contributed by atoms with van der Waals surface area (Å²) < 4.78 is 14.2. The molecule has 5 nitrogen and oxygen atoms in total. The molecule has 4 rings (SSSR count). The third-order valence-electron chi connectivity index (χ3n) is 4.35. The Morgan fingerprint density at radius 1 is 1.04 bits per heavy atom. The van der Waals surface area contributed by atoms with Crippen LogP contribution in [0.1, 0.15) is 16.1 Å². The number of oxazole rings is 1. The molecule has 140 valence electrons. The number of aromatic nitrogens is 2. The minimum absolute atomic E-state index is 0.156. The van der Waals surface area contributed by atoms with Crippen molar-refractivity contribution in [3.63, 3.8) is 0 Å². The normalized spacial score (nSPS) is 10.8. The third-order valence-corrected chi connectivity index (χ3v) is 5.14. The van der Waals surface area contributed by atoms with Crippen molar-refractivity contribution in [1.82, 2.24) is 9.55 Å². The predicted molar refractivity (Wildman–Crippen MR) is 110 cm³/mol. The van der Waals surface area contributed by atoms with E-state index >= 15 is 0 Å². The van der Waals surface area contributed by atoms with Crippen molar-refractivity contribution in [2.75, 3.05) is 0 Å². The number of carbonyl (C=O) groups excluding carboxylic acids is 1. The van der Waals surface area contributed by atoms with Crippen LogP contribution in [-0.2, 0) is 18.4 Å². The zero-order valence-corrected chi connectivity index (χ0v) is 16.7. The third kappa shape index (κ3) is 3.64. The molecular weight excluding hydrogens is 420 g/mol. The Labute approximate surface area is 170 Å². The van der Waals surface area contributed by atoms with Gasteiger partial charge in [-0.1, -0.05) is 48.5 Å². The van der Waals surface area contributed by atoms with Crippen LogP contribution >= 0.6 is 15.9 Å². The highest BCUT2D eigenvalue weighted by Gasteiger charge is 2.25. The summed E-state index contributed by atoms with van der Waals surface area (Å²) in [5.74, 6) is 0.229. The number of rotatable bonds is 5. The molecular formula is C22H17BrN2O3. The SMILES string of the molecule is Cn1c(Br)ccc1-c1oc(-c2ccccc2)nc1C(=O)OCc1ccccc1. The second-order valence-electron chi connectivity index (χ2n) is 6.22. The van der Waals surface area contributed by atoms with Crippen LogP contribution in [0.2, 0.25) is 0 Å². The number of carbonyl (C=O) groups is 1. The quantitative estimate of drug-likeness (QED) is 0.389. The monoisotopic (exact) mass is 436 g/mol. The van der Waals surface area contributed by atoms with Gasteiger partial charge in [0, 0.05) is 12.6 Å². The zero-order valence-electron chi connectivity index (χ0n) is 15.1. The maximum absolute atomic E-state index is 12.8. The lowest BCUT2D eigenvalue weighted by atomic mass is 10.2. The van der Waals surface area contributed by atoms with Crippen molar-refractivity contribution in [1.29, 1.82) is 0 Å². The van der Waals surface area contributed by atoms with Crippen molar-refractivity contribution in [2.24, 2.45) is 7.05 Å². The molecule has 0 unspecified atom stereocenters. The van der Waals surface area contributed by atoms with Gasteiger partial charge in [-0.05, 0) is 45.8 Å². The average Bonchev–Trinajstić information content (AvgIpc) is 3.32. The van der Waals surface area contributed by atoms with Gasteiger partial charge >= 0.3 is 5.97 Å². The molecule has 0 saturated heterocycles. The summed E-state index contributed by atoms with van der Waals surface area (Å²) in [6, 6.07) is 22.8. The van der Waals surface area contributed by atoms with Gasteiger partial charge in [-0.3, -0.25) is 0 Å². The smallest absolute Gasteiger partial charge is 0.361 e. The predicted octanol–water partition coefficient (Wildman–Crippen LogP) is 5.47. The number of hydrogen-bond acceptors (Lipinski definition) is 4. The van der Waals surface area contributed by atoms with Gasteiger partial charge in [0.05, 0.1) is 10.3 Å². The Balaban J connectivity index is 1.71. The van der Waals surface area contributed by atoms with Gasteiger partial charge in [-0.15, -0.1) is 0 Å². The van der Waals surface area contributed by atoms with Crippen LogP contribution in [0, 0.1) is 0 Å². The highest BCUT2D eigenvalue weighted by molar-refractivity contribution is 9.10. The topological polar surface area (TPSA) is 57.3 Å². The largest absolute Gasteiger partial charge is 0.456 e. The Bertz CT molecular complexity index is 1100. The molecule has 0 aliphatic carbocycles. The Hall–Kier alpha value is -3.12. The van der Waals surface area contributed by atoms with Crippen LogP contribution in [0.5, 0.6) is 0 Å². The van der Waals surface area contributed by atoms with E-state index in [4.69, 9.17) is 9.15 Å². The first-order valence-corrected chi connectivity index (χ1v) is 9.51. The van der Waals surface area contributed by atoms with E-state index in [-0.39, 0.29) is 12.3 Å². The molecule has 4 aromatic rings. The summed E-state index contributed by atoms with van der Waals surface area (Å²) in [6.07, 6.45) is 0. The van der Waals surface area contributed by atoms with Crippen LogP contribution in [0.15, 0.2) is 81.8 Å². The average molecular weight is 437 g/mol. The van der Waals surface area contributed by atoms with Gasteiger partial charge in [0.25, 0.3) is 0 Å². The molecule has 0 fully saturated rings. The van der Waals surface area contributed by atoms with Crippen LogP contribution < -0.4 is 0 Å². The molecule has 0 bridgehead atoms. The molecule has 0 spiro atoms. The highest BCUT2D eigenvalue weighted by atomic mass is 79.9. The maximum Gasteiger partial charge on any atom is 0.361 e. The fourth-order valence-corrected chi connectivity index (χ4v) is 3.17. The minimum Gasteiger partial charge on any atom is -0.456 e. The summed E-state index contributed by atoms with van der Waals surface area (Å²) in [5, 5.41) is 0. The van der Waals surface area contributed by atoms with Gasteiger partial charge in [-0.2, -0.15) is 0 Å². The van der Waals surface area contributed by atoms with E-state index in [0.29, 0.717) is 11.7 Å². The van der Waals surface area contributed by atoms with Crippen molar-refractivity contribution in [2.45, 2.75) is 6.61 Å². The fraction of sp³-hybridized carbons (Fsp3) is 0.0909. The first-order valence-electron chi connectivity index (χ1n) is 8.72. The Kier molecular flexibility index (Phi) is 5.12. The number of ether oxygens (including phenoxy) is 1. The zero-order chi connectivity index (χ0) is 19.5. The number of esters is 1. The fourth-order valence-electron chi connectivity index (χ4n) is 2.84. The highest BCUT2D eigenvalue weighted by Crippen LogP contribution is 2.32. The lowest BCUT2D eigenvalue weighted by Crippen LogP contribution is -2.08. The van der Waals surface area contributed by atoms with Gasteiger partial charge in [-0.25, -0.2) is 9.78 Å². The van der Waals surface area contributed by atoms with Gasteiger partial charge in [0.1, 0.15) is 6.61 Å².